The topological polar surface area (TPSA) is 62.5 Å². The molecule has 0 aliphatic heterocycles. The van der Waals surface area contributed by atoms with Crippen molar-refractivity contribution in [2.45, 2.75) is 33.4 Å². The molecular weight excluding hydrogens is 399 g/mol. The number of rotatable bonds is 6. The summed E-state index contributed by atoms with van der Waals surface area (Å²) in [5, 5.41) is 7.57. The fourth-order valence-electron chi connectivity index (χ4n) is 1.65. The zero-order valence-corrected chi connectivity index (χ0v) is 15.4. The molecule has 0 amide bonds. The van der Waals surface area contributed by atoms with Gasteiger partial charge >= 0.3 is 0 Å². The number of hydrogen-bond donors (Lipinski definition) is 2. The van der Waals surface area contributed by atoms with E-state index in [9.17, 15) is 0 Å². The van der Waals surface area contributed by atoms with Gasteiger partial charge in [-0.15, -0.1) is 35.3 Å². The van der Waals surface area contributed by atoms with Crippen molar-refractivity contribution in [1.29, 1.82) is 0 Å². The van der Waals surface area contributed by atoms with Gasteiger partial charge in [-0.25, -0.2) is 9.98 Å². The third-order valence-corrected chi connectivity index (χ3v) is 3.82. The molecule has 0 aliphatic rings. The summed E-state index contributed by atoms with van der Waals surface area (Å²) in [6, 6.07) is 3.79. The molecule has 0 atom stereocenters. The molecule has 21 heavy (non-hydrogen) atoms. The van der Waals surface area contributed by atoms with Gasteiger partial charge in [0.15, 0.2) is 5.96 Å². The van der Waals surface area contributed by atoms with E-state index in [0.717, 1.165) is 29.7 Å². The van der Waals surface area contributed by atoms with Crippen molar-refractivity contribution < 1.29 is 4.42 Å². The van der Waals surface area contributed by atoms with Crippen molar-refractivity contribution in [3.8, 4) is 0 Å². The van der Waals surface area contributed by atoms with Crippen molar-refractivity contribution in [2.24, 2.45) is 4.99 Å². The second-order valence-corrected chi connectivity index (χ2v) is 5.40. The minimum atomic E-state index is 0. The van der Waals surface area contributed by atoms with Crippen molar-refractivity contribution in [1.82, 2.24) is 15.6 Å². The molecular formula is C14H21IN4OS. The third-order valence-electron chi connectivity index (χ3n) is 2.67. The van der Waals surface area contributed by atoms with Gasteiger partial charge in [0, 0.05) is 17.6 Å². The number of aryl methyl sites for hydroxylation is 1. The van der Waals surface area contributed by atoms with Gasteiger partial charge in [0.1, 0.15) is 17.3 Å². The van der Waals surface area contributed by atoms with E-state index >= 15 is 0 Å². The molecule has 0 saturated heterocycles. The second-order valence-electron chi connectivity index (χ2n) is 4.20. The first-order valence-electron chi connectivity index (χ1n) is 6.80. The molecule has 7 heteroatoms. The molecule has 0 radical (unpaired) electrons. The highest BCUT2D eigenvalue weighted by Crippen LogP contribution is 2.12. The summed E-state index contributed by atoms with van der Waals surface area (Å²) in [6.07, 6.45) is 4.63. The largest absolute Gasteiger partial charge is 0.467 e. The minimum Gasteiger partial charge on any atom is -0.467 e. The van der Waals surface area contributed by atoms with E-state index in [1.165, 1.54) is 4.88 Å². The van der Waals surface area contributed by atoms with Gasteiger partial charge < -0.3 is 15.1 Å². The lowest BCUT2D eigenvalue weighted by Gasteiger charge is -2.09. The molecule has 5 nitrogen and oxygen atoms in total. The van der Waals surface area contributed by atoms with Crippen LogP contribution in [0.1, 0.15) is 29.5 Å². The SMILES string of the molecule is CCNC(=NCc1ccco1)NCc1ncc(CC)s1.I. The maximum Gasteiger partial charge on any atom is 0.192 e. The highest BCUT2D eigenvalue weighted by molar-refractivity contribution is 14.0. The van der Waals surface area contributed by atoms with Crippen LogP contribution in [-0.4, -0.2) is 17.5 Å². The van der Waals surface area contributed by atoms with Crippen molar-refractivity contribution in [2.75, 3.05) is 6.54 Å². The lowest BCUT2D eigenvalue weighted by atomic mass is 10.4. The van der Waals surface area contributed by atoms with Crippen LogP contribution in [0, 0.1) is 0 Å². The van der Waals surface area contributed by atoms with E-state index in [-0.39, 0.29) is 24.0 Å². The normalized spacial score (nSPS) is 11.0. The average molecular weight is 420 g/mol. The first-order chi connectivity index (χ1) is 9.81. The van der Waals surface area contributed by atoms with E-state index in [0.29, 0.717) is 13.1 Å². The first-order valence-corrected chi connectivity index (χ1v) is 7.61. The van der Waals surface area contributed by atoms with Gasteiger partial charge in [0.2, 0.25) is 0 Å². The number of aromatic nitrogens is 1. The van der Waals surface area contributed by atoms with Gasteiger partial charge in [0.25, 0.3) is 0 Å². The predicted octanol–water partition coefficient (Wildman–Crippen LogP) is 3.17. The molecule has 2 rings (SSSR count). The molecule has 2 aromatic heterocycles. The summed E-state index contributed by atoms with van der Waals surface area (Å²) >= 11 is 1.73. The molecule has 116 valence electrons. The fraction of sp³-hybridized carbons (Fsp3) is 0.429. The van der Waals surface area contributed by atoms with Gasteiger partial charge in [-0.3, -0.25) is 0 Å². The van der Waals surface area contributed by atoms with Crippen LogP contribution in [0.25, 0.3) is 0 Å². The number of furan rings is 1. The maximum atomic E-state index is 5.27. The van der Waals surface area contributed by atoms with Crippen LogP contribution < -0.4 is 10.6 Å². The highest BCUT2D eigenvalue weighted by atomic mass is 127. The lowest BCUT2D eigenvalue weighted by molar-refractivity contribution is 0.512. The number of nitrogens with zero attached hydrogens (tertiary/aromatic N) is 2. The quantitative estimate of drug-likeness (QED) is 0.428. The molecule has 2 heterocycles. The number of guanidine groups is 1. The van der Waals surface area contributed by atoms with Gasteiger partial charge in [-0.2, -0.15) is 0 Å². The Bertz CT molecular complexity index is 539. The predicted molar refractivity (Wildman–Crippen MR) is 97.3 cm³/mol. The molecule has 0 spiro atoms. The monoisotopic (exact) mass is 420 g/mol. The maximum absolute atomic E-state index is 5.27. The van der Waals surface area contributed by atoms with Crippen LogP contribution in [0.3, 0.4) is 0 Å². The Balaban J connectivity index is 0.00000220. The third kappa shape index (κ3) is 6.04. The smallest absolute Gasteiger partial charge is 0.192 e. The fourth-order valence-corrected chi connectivity index (χ4v) is 2.46. The van der Waals surface area contributed by atoms with E-state index in [2.05, 4.69) is 27.5 Å². The Morgan fingerprint density at radius 2 is 2.24 bits per heavy atom. The molecule has 2 aromatic rings. The van der Waals surface area contributed by atoms with E-state index in [4.69, 9.17) is 4.42 Å². The number of nitrogens with one attached hydrogen (secondary N) is 2. The van der Waals surface area contributed by atoms with Crippen LogP contribution in [0.15, 0.2) is 34.0 Å². The number of aliphatic imine (C=N–C) groups is 1. The Labute approximate surface area is 146 Å². The summed E-state index contributed by atoms with van der Waals surface area (Å²) in [5.74, 6) is 1.63. The lowest BCUT2D eigenvalue weighted by Crippen LogP contribution is -2.36. The molecule has 0 aliphatic carbocycles. The molecule has 0 saturated carbocycles. The Hall–Kier alpha value is -1.09. The summed E-state index contributed by atoms with van der Waals surface area (Å²) in [7, 11) is 0. The summed E-state index contributed by atoms with van der Waals surface area (Å²) in [5.41, 5.74) is 0. The van der Waals surface area contributed by atoms with Crippen LogP contribution in [0.4, 0.5) is 0 Å². The number of hydrogen-bond acceptors (Lipinski definition) is 4. The van der Waals surface area contributed by atoms with Crippen LogP contribution >= 0.6 is 35.3 Å². The molecule has 0 unspecified atom stereocenters. The van der Waals surface area contributed by atoms with Gasteiger partial charge in [0.05, 0.1) is 12.8 Å². The Morgan fingerprint density at radius 3 is 2.86 bits per heavy atom. The number of thiazole rings is 1. The second kappa shape index (κ2) is 9.78. The zero-order valence-electron chi connectivity index (χ0n) is 12.3. The summed E-state index contributed by atoms with van der Waals surface area (Å²) in [4.78, 5) is 10.2. The first kappa shape index (κ1) is 18.0. The van der Waals surface area contributed by atoms with Crippen LogP contribution in [0.5, 0.6) is 0 Å². The summed E-state index contributed by atoms with van der Waals surface area (Å²) in [6.45, 7) is 6.22. The number of halogens is 1. The zero-order chi connectivity index (χ0) is 14.2. The molecule has 0 aromatic carbocycles. The van der Waals surface area contributed by atoms with Crippen molar-refractivity contribution in [3.63, 3.8) is 0 Å². The summed E-state index contributed by atoms with van der Waals surface area (Å²) < 4.78 is 5.27. The standard InChI is InChI=1S/C14H20N4OS.HI/c1-3-12-9-16-13(20-12)10-18-14(15-4-2)17-8-11-6-5-7-19-11;/h5-7,9H,3-4,8,10H2,1-2H3,(H2,15,17,18);1H. The highest BCUT2D eigenvalue weighted by Gasteiger charge is 2.03. The Morgan fingerprint density at radius 1 is 1.38 bits per heavy atom. The minimum absolute atomic E-state index is 0. The average Bonchev–Trinajstić information content (AvgIpc) is 3.13. The van der Waals surface area contributed by atoms with Crippen molar-refractivity contribution in [3.05, 3.63) is 40.2 Å². The van der Waals surface area contributed by atoms with Gasteiger partial charge in [-0.05, 0) is 25.5 Å². The van der Waals surface area contributed by atoms with E-state index in [1.54, 1.807) is 17.6 Å². The molecule has 0 fully saturated rings. The van der Waals surface area contributed by atoms with Gasteiger partial charge in [-0.1, -0.05) is 6.92 Å². The Kier molecular flexibility index (Phi) is 8.36. The van der Waals surface area contributed by atoms with E-state index < -0.39 is 0 Å². The molecule has 0 bridgehead atoms. The molecule has 2 N–H and O–H groups in total. The van der Waals surface area contributed by atoms with Crippen LogP contribution in [-0.2, 0) is 19.5 Å². The van der Waals surface area contributed by atoms with Crippen LogP contribution in [0.2, 0.25) is 0 Å². The van der Waals surface area contributed by atoms with E-state index in [1.807, 2.05) is 25.3 Å². The van der Waals surface area contributed by atoms with Crippen molar-refractivity contribution >= 4 is 41.3 Å².